The molecule has 0 radical (unpaired) electrons. The maximum atomic E-state index is 12.3. The first-order valence-electron chi connectivity index (χ1n) is 6.98. The van der Waals surface area contributed by atoms with Crippen LogP contribution in [0.1, 0.15) is 13.3 Å². The number of hydrogen-bond acceptors (Lipinski definition) is 4. The van der Waals surface area contributed by atoms with E-state index in [1.165, 1.54) is 0 Å². The van der Waals surface area contributed by atoms with Crippen LogP contribution in [0.25, 0.3) is 0 Å². The molecule has 0 aromatic heterocycles. The van der Waals surface area contributed by atoms with E-state index < -0.39 is 5.41 Å². The maximum absolute atomic E-state index is 12.3. The smallest absolute Gasteiger partial charge is 0.239 e. The lowest BCUT2D eigenvalue weighted by Gasteiger charge is -2.19. The molecule has 22 heavy (non-hydrogen) atoms. The third-order valence-electron chi connectivity index (χ3n) is 3.65. The molecule has 1 aliphatic heterocycles. The minimum absolute atomic E-state index is 0.254. The quantitative estimate of drug-likeness (QED) is 0.617. The Morgan fingerprint density at radius 3 is 2.82 bits per heavy atom. The van der Waals surface area contributed by atoms with Gasteiger partial charge >= 0.3 is 0 Å². The summed E-state index contributed by atoms with van der Waals surface area (Å²) in [6, 6.07) is 4.95. The van der Waals surface area contributed by atoms with Gasteiger partial charge in [0.1, 0.15) is 17.8 Å². The Morgan fingerprint density at radius 1 is 1.45 bits per heavy atom. The second-order valence-electron chi connectivity index (χ2n) is 5.28. The molecule has 1 aliphatic rings. The van der Waals surface area contributed by atoms with Crippen molar-refractivity contribution in [3.63, 3.8) is 0 Å². The first kappa shape index (κ1) is 16.6. The molecule has 120 valence electrons. The van der Waals surface area contributed by atoms with Crippen molar-refractivity contribution in [1.29, 1.82) is 0 Å². The van der Waals surface area contributed by atoms with E-state index in [1.807, 2.05) is 0 Å². The van der Waals surface area contributed by atoms with Crippen molar-refractivity contribution in [2.75, 3.05) is 32.2 Å². The van der Waals surface area contributed by atoms with Crippen LogP contribution in [-0.4, -0.2) is 38.7 Å². The fraction of sp³-hybridized carbons (Fsp3) is 0.467. The Bertz CT molecular complexity index is 579. The summed E-state index contributed by atoms with van der Waals surface area (Å²) in [5, 5.41) is 5.78. The number of amides is 2. The van der Waals surface area contributed by atoms with Crippen LogP contribution in [0.2, 0.25) is 5.02 Å². The summed E-state index contributed by atoms with van der Waals surface area (Å²) in [6.45, 7) is 2.99. The summed E-state index contributed by atoms with van der Waals surface area (Å²) in [6.07, 6.45) is 0.476. The van der Waals surface area contributed by atoms with Crippen molar-refractivity contribution in [1.82, 2.24) is 5.32 Å². The summed E-state index contributed by atoms with van der Waals surface area (Å²) in [5.74, 6) is -0.0798. The molecule has 2 N–H and O–H groups in total. The lowest BCUT2D eigenvalue weighted by molar-refractivity contribution is -0.136. The number of methoxy groups -OCH3 is 1. The predicted molar refractivity (Wildman–Crippen MR) is 83.2 cm³/mol. The van der Waals surface area contributed by atoms with Crippen molar-refractivity contribution in [2.45, 2.75) is 13.3 Å². The van der Waals surface area contributed by atoms with Crippen LogP contribution < -0.4 is 15.4 Å². The van der Waals surface area contributed by atoms with Gasteiger partial charge in [0.25, 0.3) is 0 Å². The van der Waals surface area contributed by atoms with Crippen LogP contribution in [0.15, 0.2) is 18.2 Å². The molecular weight excluding hydrogens is 308 g/mol. The third kappa shape index (κ3) is 3.51. The van der Waals surface area contributed by atoms with E-state index in [-0.39, 0.29) is 11.8 Å². The molecule has 2 amide bonds. The molecule has 0 bridgehead atoms. The first-order chi connectivity index (χ1) is 10.5. The van der Waals surface area contributed by atoms with E-state index in [9.17, 15) is 9.59 Å². The van der Waals surface area contributed by atoms with Gasteiger partial charge in [-0.3, -0.25) is 9.59 Å². The van der Waals surface area contributed by atoms with Gasteiger partial charge in [0.15, 0.2) is 0 Å². The van der Waals surface area contributed by atoms with Crippen LogP contribution >= 0.6 is 11.6 Å². The number of carbonyl (C=O) groups excluding carboxylic acids is 2. The van der Waals surface area contributed by atoms with Crippen LogP contribution in [0, 0.1) is 5.41 Å². The second-order valence-corrected chi connectivity index (χ2v) is 5.69. The van der Waals surface area contributed by atoms with Crippen LogP contribution in [0.3, 0.4) is 0 Å². The Labute approximate surface area is 134 Å². The summed E-state index contributed by atoms with van der Waals surface area (Å²) < 4.78 is 10.3. The monoisotopic (exact) mass is 326 g/mol. The van der Waals surface area contributed by atoms with Gasteiger partial charge < -0.3 is 20.1 Å². The number of hydrogen-bond donors (Lipinski definition) is 2. The van der Waals surface area contributed by atoms with Crippen LogP contribution in [0.4, 0.5) is 5.69 Å². The van der Waals surface area contributed by atoms with Crippen molar-refractivity contribution in [3.8, 4) is 5.75 Å². The highest BCUT2D eigenvalue weighted by atomic mass is 35.5. The zero-order valence-electron chi connectivity index (χ0n) is 12.6. The van der Waals surface area contributed by atoms with E-state index in [0.717, 1.165) is 0 Å². The molecule has 7 heteroatoms. The molecule has 0 spiro atoms. The van der Waals surface area contributed by atoms with E-state index >= 15 is 0 Å². The molecule has 1 aromatic rings. The minimum Gasteiger partial charge on any atom is -0.490 e. The third-order valence-corrected chi connectivity index (χ3v) is 3.94. The maximum Gasteiger partial charge on any atom is 0.239 e. The molecular formula is C15H19ClN2O4. The number of nitrogens with one attached hydrogen (secondary N) is 2. The molecule has 1 aromatic carbocycles. The average Bonchev–Trinajstić information content (AvgIpc) is 2.82. The number of benzene rings is 1. The summed E-state index contributed by atoms with van der Waals surface area (Å²) in [5.41, 5.74) is -0.518. The molecule has 0 saturated carbocycles. The highest BCUT2D eigenvalue weighted by Crippen LogP contribution is 2.31. The van der Waals surface area contributed by atoms with Gasteiger partial charge in [-0.05, 0) is 31.5 Å². The van der Waals surface area contributed by atoms with Crippen LogP contribution in [-0.2, 0) is 14.3 Å². The van der Waals surface area contributed by atoms with Crippen LogP contribution in [0.5, 0.6) is 5.75 Å². The second kappa shape index (κ2) is 6.98. The van der Waals surface area contributed by atoms with E-state index in [2.05, 4.69) is 10.6 Å². The van der Waals surface area contributed by atoms with Gasteiger partial charge in [-0.2, -0.15) is 0 Å². The normalized spacial score (nSPS) is 20.6. The summed E-state index contributed by atoms with van der Waals surface area (Å²) >= 11 is 6.12. The largest absolute Gasteiger partial charge is 0.490 e. The summed E-state index contributed by atoms with van der Waals surface area (Å²) in [7, 11) is 1.59. The number of halogens is 1. The van der Waals surface area contributed by atoms with Gasteiger partial charge in [-0.15, -0.1) is 0 Å². The Morgan fingerprint density at radius 2 is 2.23 bits per heavy atom. The molecule has 1 saturated heterocycles. The lowest BCUT2D eigenvalue weighted by atomic mass is 9.88. The van der Waals surface area contributed by atoms with E-state index in [0.29, 0.717) is 42.6 Å². The molecule has 1 heterocycles. The average molecular weight is 327 g/mol. The summed E-state index contributed by atoms with van der Waals surface area (Å²) in [4.78, 5) is 24.1. The first-order valence-corrected chi connectivity index (χ1v) is 7.36. The van der Waals surface area contributed by atoms with Crippen molar-refractivity contribution in [2.24, 2.45) is 5.41 Å². The lowest BCUT2D eigenvalue weighted by Crippen LogP contribution is -2.39. The zero-order valence-corrected chi connectivity index (χ0v) is 13.3. The Balaban J connectivity index is 2.03. The molecule has 1 unspecified atom stereocenters. The topological polar surface area (TPSA) is 76.7 Å². The fourth-order valence-electron chi connectivity index (χ4n) is 2.15. The van der Waals surface area contributed by atoms with Gasteiger partial charge in [0.05, 0.1) is 11.6 Å². The molecule has 1 atom stereocenters. The molecule has 0 aliphatic carbocycles. The van der Waals surface area contributed by atoms with Crippen molar-refractivity contribution in [3.05, 3.63) is 23.2 Å². The van der Waals surface area contributed by atoms with Crippen molar-refractivity contribution >= 4 is 29.1 Å². The fourth-order valence-corrected chi connectivity index (χ4v) is 2.39. The number of carbonyl (C=O) groups is 2. The van der Waals surface area contributed by atoms with E-state index in [1.54, 1.807) is 32.2 Å². The highest BCUT2D eigenvalue weighted by molar-refractivity contribution is 6.32. The number of anilines is 1. The van der Waals surface area contributed by atoms with Gasteiger partial charge in [-0.1, -0.05) is 11.6 Å². The Hall–Kier alpha value is -1.79. The minimum atomic E-state index is -1.04. The Kier molecular flexibility index (Phi) is 5.26. The molecule has 6 nitrogen and oxygen atoms in total. The molecule has 1 fully saturated rings. The number of rotatable bonds is 6. The molecule has 2 rings (SSSR count). The van der Waals surface area contributed by atoms with Crippen molar-refractivity contribution < 1.29 is 19.1 Å². The predicted octanol–water partition coefficient (Wildman–Crippen LogP) is 1.83. The van der Waals surface area contributed by atoms with E-state index in [4.69, 9.17) is 21.1 Å². The number of ether oxygens (including phenoxy) is 2. The highest BCUT2D eigenvalue weighted by Gasteiger charge is 2.44. The zero-order chi connectivity index (χ0) is 16.2. The van der Waals surface area contributed by atoms with Gasteiger partial charge in [0, 0.05) is 19.3 Å². The van der Waals surface area contributed by atoms with Gasteiger partial charge in [-0.25, -0.2) is 0 Å². The SMILES string of the molecule is COCCOc1ccc(NC(=O)C2(C)CCNC2=O)cc1Cl. The van der Waals surface area contributed by atoms with Gasteiger partial charge in [0.2, 0.25) is 11.8 Å². The standard InChI is InChI=1S/C15H19ClN2O4/c1-15(5-6-17-13(15)19)14(20)18-10-3-4-12(11(16)9-10)22-8-7-21-2/h3-4,9H,5-8H2,1-2H3,(H,17,19)(H,18,20).